The van der Waals surface area contributed by atoms with E-state index in [1.54, 1.807) is 0 Å². The van der Waals surface area contributed by atoms with E-state index in [0.29, 0.717) is 5.76 Å². The molecular weight excluding hydrogens is 112 g/mol. The van der Waals surface area contributed by atoms with Gasteiger partial charge >= 0.3 is 0 Å². The van der Waals surface area contributed by atoms with Crippen LogP contribution in [0.1, 0.15) is 27.2 Å². The van der Waals surface area contributed by atoms with E-state index in [4.69, 9.17) is 5.11 Å². The van der Waals surface area contributed by atoms with Gasteiger partial charge in [0.15, 0.2) is 0 Å². The van der Waals surface area contributed by atoms with E-state index in [-0.39, 0.29) is 0 Å². The molecule has 0 aromatic rings. The second kappa shape index (κ2) is 4.19. The molecule has 1 heteroatoms. The largest absolute Gasteiger partial charge is 0.512 e. The molecule has 0 fully saturated rings. The number of hydrogen-bond donors (Lipinski definition) is 1. The van der Waals surface area contributed by atoms with E-state index >= 15 is 0 Å². The molecular formula is C8H14O. The van der Waals surface area contributed by atoms with Crippen LogP contribution >= 0.6 is 0 Å². The maximum Gasteiger partial charge on any atom is 0.0948 e. The summed E-state index contributed by atoms with van der Waals surface area (Å²) in [6, 6.07) is 0. The van der Waals surface area contributed by atoms with Gasteiger partial charge in [-0.05, 0) is 19.4 Å². The molecule has 0 amide bonds. The van der Waals surface area contributed by atoms with Gasteiger partial charge in [0.25, 0.3) is 0 Å². The SMILES string of the molecule is C/C=C\C(C)=C(\O)CC. The van der Waals surface area contributed by atoms with E-state index < -0.39 is 0 Å². The first-order valence-electron chi connectivity index (χ1n) is 3.23. The Morgan fingerprint density at radius 1 is 1.56 bits per heavy atom. The van der Waals surface area contributed by atoms with Crippen molar-refractivity contribution in [3.63, 3.8) is 0 Å². The molecule has 0 aliphatic heterocycles. The lowest BCUT2D eigenvalue weighted by Crippen LogP contribution is -1.80. The van der Waals surface area contributed by atoms with E-state index in [1.807, 2.05) is 32.9 Å². The molecule has 0 rings (SSSR count). The van der Waals surface area contributed by atoms with Crippen molar-refractivity contribution in [3.05, 3.63) is 23.5 Å². The van der Waals surface area contributed by atoms with Gasteiger partial charge in [0.05, 0.1) is 5.76 Å². The first-order valence-corrected chi connectivity index (χ1v) is 3.23. The summed E-state index contributed by atoms with van der Waals surface area (Å²) in [6.07, 6.45) is 4.54. The minimum Gasteiger partial charge on any atom is -0.512 e. The minimum atomic E-state index is 0.480. The number of rotatable bonds is 2. The predicted octanol–water partition coefficient (Wildman–Crippen LogP) is 2.80. The summed E-state index contributed by atoms with van der Waals surface area (Å²) < 4.78 is 0. The van der Waals surface area contributed by atoms with Crippen molar-refractivity contribution >= 4 is 0 Å². The molecule has 0 unspecified atom stereocenters. The topological polar surface area (TPSA) is 20.2 Å². The molecule has 0 saturated heterocycles. The number of allylic oxidation sites excluding steroid dienone is 4. The number of hydrogen-bond acceptors (Lipinski definition) is 1. The molecule has 0 heterocycles. The Bertz CT molecular complexity index is 132. The zero-order valence-electron chi connectivity index (χ0n) is 6.31. The van der Waals surface area contributed by atoms with Crippen molar-refractivity contribution in [1.29, 1.82) is 0 Å². The lowest BCUT2D eigenvalue weighted by molar-refractivity contribution is 0.389. The first kappa shape index (κ1) is 8.28. The monoisotopic (exact) mass is 126 g/mol. The molecule has 0 aromatic carbocycles. The van der Waals surface area contributed by atoms with Crippen molar-refractivity contribution in [2.75, 3.05) is 0 Å². The Morgan fingerprint density at radius 3 is 2.44 bits per heavy atom. The molecule has 0 aliphatic rings. The van der Waals surface area contributed by atoms with Gasteiger partial charge in [-0.2, -0.15) is 0 Å². The highest BCUT2D eigenvalue weighted by atomic mass is 16.3. The van der Waals surface area contributed by atoms with E-state index in [9.17, 15) is 0 Å². The summed E-state index contributed by atoms with van der Waals surface area (Å²) in [5.74, 6) is 0.480. The Labute approximate surface area is 56.7 Å². The molecule has 0 saturated carbocycles. The van der Waals surface area contributed by atoms with Gasteiger partial charge < -0.3 is 5.11 Å². The first-order chi connectivity index (χ1) is 4.22. The van der Waals surface area contributed by atoms with Gasteiger partial charge in [-0.15, -0.1) is 0 Å². The smallest absolute Gasteiger partial charge is 0.0948 e. The average molecular weight is 126 g/mol. The second-order valence-electron chi connectivity index (χ2n) is 1.98. The summed E-state index contributed by atoms with van der Waals surface area (Å²) in [6.45, 7) is 5.77. The zero-order chi connectivity index (χ0) is 7.28. The van der Waals surface area contributed by atoms with Gasteiger partial charge in [-0.25, -0.2) is 0 Å². The van der Waals surface area contributed by atoms with Crippen LogP contribution < -0.4 is 0 Å². The molecule has 0 atom stereocenters. The van der Waals surface area contributed by atoms with Crippen LogP contribution in [0.3, 0.4) is 0 Å². The lowest BCUT2D eigenvalue weighted by Gasteiger charge is -1.95. The maximum atomic E-state index is 9.09. The van der Waals surface area contributed by atoms with Crippen molar-refractivity contribution in [2.24, 2.45) is 0 Å². The fraction of sp³-hybridized carbons (Fsp3) is 0.500. The van der Waals surface area contributed by atoms with Gasteiger partial charge in [0.2, 0.25) is 0 Å². The van der Waals surface area contributed by atoms with Crippen LogP contribution in [0.15, 0.2) is 23.5 Å². The Morgan fingerprint density at radius 2 is 2.11 bits per heavy atom. The number of aliphatic hydroxyl groups is 1. The molecule has 1 N–H and O–H groups in total. The van der Waals surface area contributed by atoms with Crippen LogP contribution in [0.25, 0.3) is 0 Å². The van der Waals surface area contributed by atoms with Gasteiger partial charge in [-0.1, -0.05) is 19.1 Å². The quantitative estimate of drug-likeness (QED) is 0.445. The number of aliphatic hydroxyl groups excluding tert-OH is 1. The van der Waals surface area contributed by atoms with Crippen molar-refractivity contribution in [2.45, 2.75) is 27.2 Å². The van der Waals surface area contributed by atoms with Gasteiger partial charge in [0.1, 0.15) is 0 Å². The van der Waals surface area contributed by atoms with Crippen LogP contribution in [0, 0.1) is 0 Å². The third-order valence-corrected chi connectivity index (χ3v) is 1.21. The third-order valence-electron chi connectivity index (χ3n) is 1.21. The summed E-state index contributed by atoms with van der Waals surface area (Å²) >= 11 is 0. The average Bonchev–Trinajstić information content (AvgIpc) is 1.87. The van der Waals surface area contributed by atoms with Crippen molar-refractivity contribution in [3.8, 4) is 0 Å². The van der Waals surface area contributed by atoms with Crippen LogP contribution in [-0.2, 0) is 0 Å². The molecule has 0 spiro atoms. The minimum absolute atomic E-state index is 0.480. The highest BCUT2D eigenvalue weighted by Gasteiger charge is 1.90. The molecule has 0 radical (unpaired) electrons. The fourth-order valence-corrected chi connectivity index (χ4v) is 0.625. The molecule has 1 nitrogen and oxygen atoms in total. The van der Waals surface area contributed by atoms with Crippen LogP contribution in [-0.4, -0.2) is 5.11 Å². The predicted molar refractivity (Wildman–Crippen MR) is 40.4 cm³/mol. The van der Waals surface area contributed by atoms with Crippen LogP contribution in [0.5, 0.6) is 0 Å². The zero-order valence-corrected chi connectivity index (χ0v) is 6.31. The highest BCUT2D eigenvalue weighted by molar-refractivity contribution is 5.18. The molecule has 9 heavy (non-hydrogen) atoms. The third kappa shape index (κ3) is 2.96. The van der Waals surface area contributed by atoms with E-state index in [1.165, 1.54) is 0 Å². The van der Waals surface area contributed by atoms with E-state index in [2.05, 4.69) is 0 Å². The molecule has 0 aromatic heterocycles. The Balaban J connectivity index is 4.10. The van der Waals surface area contributed by atoms with Crippen molar-refractivity contribution < 1.29 is 5.11 Å². The lowest BCUT2D eigenvalue weighted by atomic mass is 10.2. The molecule has 52 valence electrons. The fourth-order valence-electron chi connectivity index (χ4n) is 0.625. The Kier molecular flexibility index (Phi) is 3.85. The second-order valence-corrected chi connectivity index (χ2v) is 1.98. The summed E-state index contributed by atoms with van der Waals surface area (Å²) in [7, 11) is 0. The van der Waals surface area contributed by atoms with Gasteiger partial charge in [0, 0.05) is 6.42 Å². The van der Waals surface area contributed by atoms with Crippen LogP contribution in [0.4, 0.5) is 0 Å². The van der Waals surface area contributed by atoms with Crippen LogP contribution in [0.2, 0.25) is 0 Å². The summed E-state index contributed by atoms with van der Waals surface area (Å²) in [5.41, 5.74) is 0.958. The van der Waals surface area contributed by atoms with Crippen molar-refractivity contribution in [1.82, 2.24) is 0 Å². The molecule has 0 bridgehead atoms. The summed E-state index contributed by atoms with van der Waals surface area (Å²) in [4.78, 5) is 0. The standard InChI is InChI=1S/C8H14O/c1-4-6-7(3)8(9)5-2/h4,6,9H,5H2,1-3H3/b6-4-,8-7+. The van der Waals surface area contributed by atoms with E-state index in [0.717, 1.165) is 12.0 Å². The van der Waals surface area contributed by atoms with Gasteiger partial charge in [-0.3, -0.25) is 0 Å². The molecule has 0 aliphatic carbocycles. The highest BCUT2D eigenvalue weighted by Crippen LogP contribution is 2.04. The summed E-state index contributed by atoms with van der Waals surface area (Å²) in [5, 5.41) is 9.09. The normalized spacial score (nSPS) is 14.1. The Hall–Kier alpha value is -0.720. The maximum absolute atomic E-state index is 9.09.